The summed E-state index contributed by atoms with van der Waals surface area (Å²) in [4.78, 5) is 4.19. The summed E-state index contributed by atoms with van der Waals surface area (Å²) in [6, 6.07) is -0.0971. The molecule has 5 nitrogen and oxygen atoms in total. The number of hydrogen-bond acceptors (Lipinski definition) is 5. The van der Waals surface area contributed by atoms with Gasteiger partial charge in [-0.25, -0.2) is 4.98 Å². The van der Waals surface area contributed by atoms with Crippen molar-refractivity contribution in [1.29, 1.82) is 0 Å². The van der Waals surface area contributed by atoms with Crippen molar-refractivity contribution in [2.45, 2.75) is 12.5 Å². The number of aromatic nitrogens is 4. The molecule has 2 rings (SSSR count). The molecule has 0 aliphatic heterocycles. The molecule has 0 fully saturated rings. The van der Waals surface area contributed by atoms with Gasteiger partial charge >= 0.3 is 0 Å². The highest BCUT2D eigenvalue weighted by Gasteiger charge is 2.10. The molecule has 0 saturated heterocycles. The molecule has 2 aromatic heterocycles. The van der Waals surface area contributed by atoms with E-state index >= 15 is 0 Å². The first-order chi connectivity index (χ1) is 6.75. The number of nitrogens with two attached hydrogens (primary N) is 1. The van der Waals surface area contributed by atoms with Crippen molar-refractivity contribution in [2.75, 3.05) is 0 Å². The lowest BCUT2D eigenvalue weighted by Gasteiger charge is -2.04. The lowest BCUT2D eigenvalue weighted by atomic mass is 10.1. The molecule has 14 heavy (non-hydrogen) atoms. The Balaban J connectivity index is 2.06. The highest BCUT2D eigenvalue weighted by Crippen LogP contribution is 2.12. The molecule has 2 heterocycles. The zero-order chi connectivity index (χ0) is 9.97. The second kappa shape index (κ2) is 3.85. The standard InChI is InChI=1S/C8H11N5S/c1-13-3-8(10-5-13)7(9)2-6-4-14-12-11-6/h3-5,7H,2,9H2,1H3. The summed E-state index contributed by atoms with van der Waals surface area (Å²) in [6.07, 6.45) is 4.35. The third-order valence-corrected chi connectivity index (χ3v) is 2.49. The summed E-state index contributed by atoms with van der Waals surface area (Å²) in [5, 5.41) is 5.85. The lowest BCUT2D eigenvalue weighted by molar-refractivity contribution is 0.684. The summed E-state index contributed by atoms with van der Waals surface area (Å²) in [6.45, 7) is 0. The summed E-state index contributed by atoms with van der Waals surface area (Å²) >= 11 is 1.34. The van der Waals surface area contributed by atoms with Gasteiger partial charge in [0, 0.05) is 25.0 Å². The Morgan fingerprint density at radius 1 is 1.64 bits per heavy atom. The van der Waals surface area contributed by atoms with Crippen molar-refractivity contribution in [3.63, 3.8) is 0 Å². The van der Waals surface area contributed by atoms with E-state index in [4.69, 9.17) is 5.73 Å². The molecular formula is C8H11N5S. The van der Waals surface area contributed by atoms with Gasteiger partial charge in [-0.05, 0) is 11.5 Å². The molecule has 0 spiro atoms. The minimum Gasteiger partial charge on any atom is -0.340 e. The molecule has 6 heteroatoms. The first-order valence-electron chi connectivity index (χ1n) is 4.25. The van der Waals surface area contributed by atoms with Crippen LogP contribution in [0.4, 0.5) is 0 Å². The molecule has 1 atom stereocenters. The number of hydrogen-bond donors (Lipinski definition) is 1. The van der Waals surface area contributed by atoms with E-state index in [1.807, 2.05) is 23.2 Å². The molecule has 0 amide bonds. The smallest absolute Gasteiger partial charge is 0.0947 e. The predicted molar refractivity (Wildman–Crippen MR) is 53.7 cm³/mol. The van der Waals surface area contributed by atoms with Crippen molar-refractivity contribution in [3.05, 3.63) is 29.3 Å². The van der Waals surface area contributed by atoms with Crippen LogP contribution in [0.2, 0.25) is 0 Å². The Labute approximate surface area is 85.8 Å². The Kier molecular flexibility index (Phi) is 2.55. The van der Waals surface area contributed by atoms with Gasteiger partial charge in [0.15, 0.2) is 0 Å². The highest BCUT2D eigenvalue weighted by molar-refractivity contribution is 7.03. The molecule has 0 saturated carbocycles. The van der Waals surface area contributed by atoms with Crippen molar-refractivity contribution in [1.82, 2.24) is 19.1 Å². The third-order valence-electron chi connectivity index (χ3n) is 1.94. The van der Waals surface area contributed by atoms with Gasteiger partial charge in [-0.3, -0.25) is 0 Å². The number of rotatable bonds is 3. The fourth-order valence-electron chi connectivity index (χ4n) is 1.23. The highest BCUT2D eigenvalue weighted by atomic mass is 32.1. The topological polar surface area (TPSA) is 69.6 Å². The summed E-state index contributed by atoms with van der Waals surface area (Å²) in [7, 11) is 1.92. The fourth-order valence-corrected chi connectivity index (χ4v) is 1.69. The van der Waals surface area contributed by atoms with E-state index in [0.717, 1.165) is 11.4 Å². The van der Waals surface area contributed by atoms with Gasteiger partial charge < -0.3 is 10.3 Å². The predicted octanol–water partition coefficient (Wildman–Crippen LogP) is 0.514. The van der Waals surface area contributed by atoms with Crippen molar-refractivity contribution in [3.8, 4) is 0 Å². The molecule has 1 unspecified atom stereocenters. The zero-order valence-corrected chi connectivity index (χ0v) is 8.61. The van der Waals surface area contributed by atoms with Gasteiger partial charge in [0.2, 0.25) is 0 Å². The van der Waals surface area contributed by atoms with Gasteiger partial charge in [-0.2, -0.15) is 0 Å². The van der Waals surface area contributed by atoms with Crippen molar-refractivity contribution >= 4 is 11.5 Å². The average molecular weight is 209 g/mol. The Morgan fingerprint density at radius 3 is 3.07 bits per heavy atom. The van der Waals surface area contributed by atoms with Crippen LogP contribution in [0.3, 0.4) is 0 Å². The van der Waals surface area contributed by atoms with E-state index in [0.29, 0.717) is 6.42 Å². The van der Waals surface area contributed by atoms with Gasteiger partial charge in [0.25, 0.3) is 0 Å². The lowest BCUT2D eigenvalue weighted by Crippen LogP contribution is -2.14. The number of imidazole rings is 1. The number of aryl methyl sites for hydroxylation is 1. The minimum absolute atomic E-state index is 0.0971. The first-order valence-corrected chi connectivity index (χ1v) is 5.09. The van der Waals surface area contributed by atoms with Crippen molar-refractivity contribution in [2.24, 2.45) is 12.8 Å². The molecule has 2 aromatic rings. The molecule has 0 bridgehead atoms. The number of nitrogens with zero attached hydrogens (tertiary/aromatic N) is 4. The van der Waals surface area contributed by atoms with Crippen LogP contribution in [0, 0.1) is 0 Å². The van der Waals surface area contributed by atoms with E-state index in [2.05, 4.69) is 14.6 Å². The Bertz CT molecular complexity index is 394. The van der Waals surface area contributed by atoms with E-state index in [9.17, 15) is 0 Å². The molecule has 0 radical (unpaired) electrons. The maximum Gasteiger partial charge on any atom is 0.0947 e. The summed E-state index contributed by atoms with van der Waals surface area (Å²) < 4.78 is 5.67. The van der Waals surface area contributed by atoms with Crippen LogP contribution in [0.5, 0.6) is 0 Å². The maximum absolute atomic E-state index is 5.96. The van der Waals surface area contributed by atoms with E-state index in [-0.39, 0.29) is 6.04 Å². The van der Waals surface area contributed by atoms with Crippen molar-refractivity contribution < 1.29 is 0 Å². The minimum atomic E-state index is -0.0971. The van der Waals surface area contributed by atoms with E-state index < -0.39 is 0 Å². The molecule has 74 valence electrons. The SMILES string of the molecule is Cn1cnc(C(N)Cc2csnn2)c1. The Morgan fingerprint density at radius 2 is 2.50 bits per heavy atom. The van der Waals surface area contributed by atoms with Crippen LogP contribution in [0.1, 0.15) is 17.4 Å². The average Bonchev–Trinajstić information content (AvgIpc) is 2.75. The monoisotopic (exact) mass is 209 g/mol. The van der Waals surface area contributed by atoms with Crippen LogP contribution in [-0.2, 0) is 13.5 Å². The van der Waals surface area contributed by atoms with E-state index in [1.54, 1.807) is 6.33 Å². The molecule has 2 N–H and O–H groups in total. The van der Waals surface area contributed by atoms with Gasteiger partial charge in [-0.15, -0.1) is 5.10 Å². The molecule has 0 aromatic carbocycles. The quantitative estimate of drug-likeness (QED) is 0.799. The fraction of sp³-hybridized carbons (Fsp3) is 0.375. The molecule has 0 aliphatic rings. The maximum atomic E-state index is 5.96. The van der Waals surface area contributed by atoms with E-state index in [1.165, 1.54) is 11.5 Å². The van der Waals surface area contributed by atoms with Crippen LogP contribution >= 0.6 is 11.5 Å². The molecule has 0 aliphatic carbocycles. The van der Waals surface area contributed by atoms with Crippen LogP contribution in [0.15, 0.2) is 17.9 Å². The second-order valence-corrected chi connectivity index (χ2v) is 3.78. The van der Waals surface area contributed by atoms with Crippen LogP contribution < -0.4 is 5.73 Å². The van der Waals surface area contributed by atoms with Gasteiger partial charge in [-0.1, -0.05) is 4.49 Å². The van der Waals surface area contributed by atoms with Crippen LogP contribution in [-0.4, -0.2) is 19.1 Å². The Hall–Kier alpha value is -1.27. The van der Waals surface area contributed by atoms with Gasteiger partial charge in [0.05, 0.1) is 23.8 Å². The third kappa shape index (κ3) is 1.97. The van der Waals surface area contributed by atoms with Crippen LogP contribution in [0.25, 0.3) is 0 Å². The van der Waals surface area contributed by atoms with Gasteiger partial charge in [0.1, 0.15) is 0 Å². The summed E-state index contributed by atoms with van der Waals surface area (Å²) in [5.74, 6) is 0. The largest absolute Gasteiger partial charge is 0.340 e. The second-order valence-electron chi connectivity index (χ2n) is 3.17. The first kappa shape index (κ1) is 9.29. The normalized spacial score (nSPS) is 13.0. The zero-order valence-electron chi connectivity index (χ0n) is 7.79. The molecular weight excluding hydrogens is 198 g/mol. The summed E-state index contributed by atoms with van der Waals surface area (Å²) in [5.41, 5.74) is 7.77.